The van der Waals surface area contributed by atoms with Gasteiger partial charge in [0.2, 0.25) is 0 Å². The summed E-state index contributed by atoms with van der Waals surface area (Å²) in [6, 6.07) is 59.9. The Bertz CT molecular complexity index is 3050. The molecule has 2 heterocycles. The average molecular weight is 684 g/mol. The number of benzene rings is 8. The Morgan fingerprint density at radius 3 is 2.10 bits per heavy atom. The van der Waals surface area contributed by atoms with Crippen LogP contribution in [0.2, 0.25) is 0 Å². The smallest absolute Gasteiger partial charge is 0.143 e. The number of nitrogens with zero attached hydrogens (tertiary/aromatic N) is 1. The summed E-state index contributed by atoms with van der Waals surface area (Å²) in [6.45, 7) is 4.67. The first kappa shape index (κ1) is 29.6. The van der Waals surface area contributed by atoms with Gasteiger partial charge in [0.25, 0.3) is 0 Å². The molecule has 246 valence electrons. The average Bonchev–Trinajstić information content (AvgIpc) is 3.83. The molecule has 8 aromatic carbocycles. The monoisotopic (exact) mass is 683 g/mol. The molecule has 11 rings (SSSR count). The Kier molecular flexibility index (Phi) is 6.21. The van der Waals surface area contributed by atoms with E-state index in [2.05, 4.69) is 183 Å². The lowest BCUT2D eigenvalue weighted by Crippen LogP contribution is -2.15. The zero-order valence-electron chi connectivity index (χ0n) is 28.9. The van der Waals surface area contributed by atoms with Gasteiger partial charge in [-0.25, -0.2) is 0 Å². The second-order valence-electron chi connectivity index (χ2n) is 14.5. The summed E-state index contributed by atoms with van der Waals surface area (Å²) in [6.07, 6.45) is 0. The normalized spacial score (nSPS) is 13.3. The summed E-state index contributed by atoms with van der Waals surface area (Å²) >= 11 is 1.88. The van der Waals surface area contributed by atoms with Gasteiger partial charge in [0.05, 0.1) is 5.69 Å². The molecule has 0 N–H and O–H groups in total. The SMILES string of the molecule is CC1(C)c2ccc(N(c3ccc(-c4cccc5c4sc4ccccc45)cc3)c3cccc4ccccc34)cc2-c2c1ccc1c2oc2ccccc21. The van der Waals surface area contributed by atoms with Gasteiger partial charge < -0.3 is 9.32 Å². The van der Waals surface area contributed by atoms with Crippen LogP contribution in [0.3, 0.4) is 0 Å². The Morgan fingerprint density at radius 2 is 1.21 bits per heavy atom. The first-order valence-electron chi connectivity index (χ1n) is 17.9. The third-order valence-electron chi connectivity index (χ3n) is 11.3. The minimum atomic E-state index is -0.157. The van der Waals surface area contributed by atoms with Crippen molar-refractivity contribution in [2.24, 2.45) is 0 Å². The largest absolute Gasteiger partial charge is 0.455 e. The molecule has 0 bridgehead atoms. The van der Waals surface area contributed by atoms with Crippen LogP contribution in [0.5, 0.6) is 0 Å². The van der Waals surface area contributed by atoms with Crippen molar-refractivity contribution >= 4 is 81.3 Å². The topological polar surface area (TPSA) is 16.4 Å². The first-order chi connectivity index (χ1) is 25.5. The summed E-state index contributed by atoms with van der Waals surface area (Å²) in [7, 11) is 0. The fourth-order valence-electron chi connectivity index (χ4n) is 8.74. The Morgan fingerprint density at radius 1 is 0.519 bits per heavy atom. The molecule has 2 nitrogen and oxygen atoms in total. The minimum Gasteiger partial charge on any atom is -0.455 e. The summed E-state index contributed by atoms with van der Waals surface area (Å²) < 4.78 is 9.32. The first-order valence-corrected chi connectivity index (χ1v) is 18.7. The van der Waals surface area contributed by atoms with Crippen molar-refractivity contribution in [2.75, 3.05) is 4.90 Å². The van der Waals surface area contributed by atoms with Gasteiger partial charge in [-0.2, -0.15) is 0 Å². The number of thiophene rings is 1. The Balaban J connectivity index is 1.11. The number of fused-ring (bicyclic) bond motifs is 11. The van der Waals surface area contributed by atoms with Gasteiger partial charge in [-0.3, -0.25) is 0 Å². The fourth-order valence-corrected chi connectivity index (χ4v) is 9.98. The zero-order chi connectivity index (χ0) is 34.6. The molecule has 2 aromatic heterocycles. The molecule has 1 aliphatic rings. The van der Waals surface area contributed by atoms with E-state index in [9.17, 15) is 0 Å². The number of para-hydroxylation sites is 1. The highest BCUT2D eigenvalue weighted by atomic mass is 32.1. The van der Waals surface area contributed by atoms with E-state index in [4.69, 9.17) is 4.42 Å². The molecule has 0 saturated carbocycles. The number of hydrogen-bond donors (Lipinski definition) is 0. The molecule has 0 saturated heterocycles. The predicted molar refractivity (Wildman–Crippen MR) is 222 cm³/mol. The number of anilines is 3. The van der Waals surface area contributed by atoms with E-state index in [0.29, 0.717) is 0 Å². The van der Waals surface area contributed by atoms with Crippen molar-refractivity contribution in [1.82, 2.24) is 0 Å². The minimum absolute atomic E-state index is 0.157. The highest BCUT2D eigenvalue weighted by Gasteiger charge is 2.38. The van der Waals surface area contributed by atoms with E-state index >= 15 is 0 Å². The van der Waals surface area contributed by atoms with Gasteiger partial charge in [0, 0.05) is 58.7 Å². The Labute approximate surface area is 305 Å². The van der Waals surface area contributed by atoms with E-state index in [-0.39, 0.29) is 5.41 Å². The standard InChI is InChI=1S/C49H33NOS/c1-49(2)41-27-25-33(29-40(41)46-42(49)28-26-38-36-14-5-7-19-44(36)51-47(38)46)50(43-18-9-12-30-11-3-4-13-34(30)43)32-23-21-31(22-24-32)35-16-10-17-39-37-15-6-8-20-45(37)52-48(35)39/h3-29H,1-2H3. The van der Waals surface area contributed by atoms with Crippen LogP contribution in [0.15, 0.2) is 168 Å². The third-order valence-corrected chi connectivity index (χ3v) is 12.5. The molecule has 0 fully saturated rings. The van der Waals surface area contributed by atoms with Crippen molar-refractivity contribution in [3.8, 4) is 22.3 Å². The van der Waals surface area contributed by atoms with E-state index in [0.717, 1.165) is 33.6 Å². The Hall–Kier alpha value is -6.16. The second kappa shape index (κ2) is 10.9. The molecular formula is C49H33NOS. The number of furan rings is 1. The lowest BCUT2D eigenvalue weighted by atomic mass is 9.82. The quantitative estimate of drug-likeness (QED) is 0.184. The lowest BCUT2D eigenvalue weighted by molar-refractivity contribution is 0.653. The van der Waals surface area contributed by atoms with Crippen LogP contribution in [-0.2, 0) is 5.41 Å². The predicted octanol–water partition coefficient (Wildman–Crippen LogP) is 14.6. The maximum Gasteiger partial charge on any atom is 0.143 e. The van der Waals surface area contributed by atoms with Crippen molar-refractivity contribution in [3.63, 3.8) is 0 Å². The van der Waals surface area contributed by atoms with Crippen LogP contribution in [0.25, 0.3) is 75.1 Å². The van der Waals surface area contributed by atoms with E-state index in [1.807, 2.05) is 11.3 Å². The summed E-state index contributed by atoms with van der Waals surface area (Å²) in [5, 5.41) is 7.40. The van der Waals surface area contributed by atoms with Gasteiger partial charge in [-0.15, -0.1) is 11.3 Å². The van der Waals surface area contributed by atoms with E-state index in [1.54, 1.807) is 0 Å². The molecule has 3 heteroatoms. The molecule has 52 heavy (non-hydrogen) atoms. The van der Waals surface area contributed by atoms with Crippen molar-refractivity contribution in [1.29, 1.82) is 0 Å². The summed E-state index contributed by atoms with van der Waals surface area (Å²) in [5.74, 6) is 0. The van der Waals surface area contributed by atoms with Gasteiger partial charge in [-0.1, -0.05) is 135 Å². The van der Waals surface area contributed by atoms with Crippen LogP contribution in [-0.4, -0.2) is 0 Å². The molecule has 0 radical (unpaired) electrons. The van der Waals surface area contributed by atoms with Crippen LogP contribution in [0.4, 0.5) is 17.1 Å². The zero-order valence-corrected chi connectivity index (χ0v) is 29.7. The van der Waals surface area contributed by atoms with Gasteiger partial charge in [0.15, 0.2) is 0 Å². The molecule has 0 spiro atoms. The molecular weight excluding hydrogens is 651 g/mol. The fraction of sp³-hybridized carbons (Fsp3) is 0.0612. The molecule has 10 aromatic rings. The van der Waals surface area contributed by atoms with Crippen LogP contribution in [0, 0.1) is 0 Å². The van der Waals surface area contributed by atoms with Gasteiger partial charge in [0.1, 0.15) is 11.2 Å². The molecule has 1 aliphatic carbocycles. The van der Waals surface area contributed by atoms with Gasteiger partial charge >= 0.3 is 0 Å². The van der Waals surface area contributed by atoms with Crippen molar-refractivity contribution < 1.29 is 4.42 Å². The van der Waals surface area contributed by atoms with Crippen LogP contribution < -0.4 is 4.90 Å². The van der Waals surface area contributed by atoms with Crippen LogP contribution in [0.1, 0.15) is 25.0 Å². The highest BCUT2D eigenvalue weighted by molar-refractivity contribution is 7.26. The summed E-state index contributed by atoms with van der Waals surface area (Å²) in [4.78, 5) is 2.43. The van der Waals surface area contributed by atoms with E-state index < -0.39 is 0 Å². The third kappa shape index (κ3) is 4.17. The summed E-state index contributed by atoms with van der Waals surface area (Å²) in [5.41, 5.74) is 12.7. The maximum absolute atomic E-state index is 6.66. The number of rotatable bonds is 4. The second-order valence-corrected chi connectivity index (χ2v) is 15.5. The molecule has 0 aliphatic heterocycles. The van der Waals surface area contributed by atoms with Gasteiger partial charge in [-0.05, 0) is 75.7 Å². The lowest BCUT2D eigenvalue weighted by Gasteiger charge is -2.28. The van der Waals surface area contributed by atoms with E-state index in [1.165, 1.54) is 69.7 Å². The maximum atomic E-state index is 6.66. The molecule has 0 atom stereocenters. The van der Waals surface area contributed by atoms with Crippen molar-refractivity contribution in [2.45, 2.75) is 19.3 Å². The molecule has 0 unspecified atom stereocenters. The van der Waals surface area contributed by atoms with Crippen LogP contribution >= 0.6 is 11.3 Å². The van der Waals surface area contributed by atoms with Crippen molar-refractivity contribution in [3.05, 3.63) is 175 Å². The number of hydrogen-bond acceptors (Lipinski definition) is 3. The highest BCUT2D eigenvalue weighted by Crippen LogP contribution is 2.54. The molecule has 0 amide bonds.